The molecule has 3 nitrogen and oxygen atoms in total. The molecule has 88 valence electrons. The Kier molecular flexibility index (Phi) is 4.41. The van der Waals surface area contributed by atoms with Crippen LogP contribution in [0.3, 0.4) is 0 Å². The van der Waals surface area contributed by atoms with Gasteiger partial charge < -0.3 is 10.6 Å². The van der Waals surface area contributed by atoms with Crippen molar-refractivity contribution >= 4 is 49.1 Å². The Morgan fingerprint density at radius 3 is 2.94 bits per heavy atom. The first-order chi connectivity index (χ1) is 7.65. The van der Waals surface area contributed by atoms with Crippen LogP contribution in [-0.2, 0) is 11.3 Å². The van der Waals surface area contributed by atoms with E-state index in [0.29, 0.717) is 12.5 Å². The summed E-state index contributed by atoms with van der Waals surface area (Å²) in [5.41, 5.74) is 0. The number of hydrogen-bond donors (Lipinski definition) is 2. The first-order valence-corrected chi connectivity index (χ1v) is 7.49. The molecule has 0 saturated carbocycles. The van der Waals surface area contributed by atoms with Crippen LogP contribution >= 0.6 is 43.2 Å². The highest BCUT2D eigenvalue weighted by atomic mass is 79.9. The zero-order chi connectivity index (χ0) is 11.5. The van der Waals surface area contributed by atoms with Gasteiger partial charge in [-0.3, -0.25) is 4.79 Å². The number of hydrogen-bond acceptors (Lipinski definition) is 3. The van der Waals surface area contributed by atoms with Gasteiger partial charge in [0.1, 0.15) is 0 Å². The number of carbonyl (C=O) groups excluding carboxylic acids is 1. The fourth-order valence-corrected chi connectivity index (χ4v) is 3.83. The first kappa shape index (κ1) is 12.5. The molecule has 0 aromatic carbocycles. The molecule has 1 aliphatic rings. The van der Waals surface area contributed by atoms with Crippen molar-refractivity contribution in [1.29, 1.82) is 0 Å². The molecule has 1 amide bonds. The van der Waals surface area contributed by atoms with Gasteiger partial charge in [-0.05, 0) is 44.3 Å². The van der Waals surface area contributed by atoms with Crippen molar-refractivity contribution in [2.24, 2.45) is 0 Å². The molecule has 2 rings (SSSR count). The van der Waals surface area contributed by atoms with Gasteiger partial charge in [0.15, 0.2) is 0 Å². The minimum atomic E-state index is 0.174. The molecule has 1 atom stereocenters. The van der Waals surface area contributed by atoms with Gasteiger partial charge in [0.25, 0.3) is 0 Å². The normalized spacial score (nSPS) is 20.1. The van der Waals surface area contributed by atoms with E-state index >= 15 is 0 Å². The van der Waals surface area contributed by atoms with Gasteiger partial charge in [0.05, 0.1) is 3.79 Å². The van der Waals surface area contributed by atoms with Crippen LogP contribution in [-0.4, -0.2) is 18.5 Å². The van der Waals surface area contributed by atoms with E-state index in [1.807, 2.05) is 0 Å². The van der Waals surface area contributed by atoms with Crippen LogP contribution in [0.15, 0.2) is 14.3 Å². The summed E-state index contributed by atoms with van der Waals surface area (Å²) < 4.78 is 2.22. The molecule has 2 N–H and O–H groups in total. The molecule has 1 aliphatic heterocycles. The molecule has 1 unspecified atom stereocenters. The van der Waals surface area contributed by atoms with Crippen LogP contribution < -0.4 is 10.6 Å². The van der Waals surface area contributed by atoms with Crippen LogP contribution in [0.1, 0.15) is 17.7 Å². The highest BCUT2D eigenvalue weighted by Gasteiger charge is 2.19. The number of thiophene rings is 1. The van der Waals surface area contributed by atoms with E-state index < -0.39 is 0 Å². The zero-order valence-electron chi connectivity index (χ0n) is 8.56. The van der Waals surface area contributed by atoms with E-state index in [4.69, 9.17) is 0 Å². The van der Waals surface area contributed by atoms with Crippen LogP contribution in [0.2, 0.25) is 0 Å². The molecule has 1 saturated heterocycles. The molecule has 1 aromatic heterocycles. The Balaban J connectivity index is 1.73. The van der Waals surface area contributed by atoms with Crippen LogP contribution in [0, 0.1) is 0 Å². The Morgan fingerprint density at radius 1 is 1.56 bits per heavy atom. The van der Waals surface area contributed by atoms with Gasteiger partial charge in [-0.25, -0.2) is 0 Å². The molecule has 0 aliphatic carbocycles. The third kappa shape index (κ3) is 3.29. The van der Waals surface area contributed by atoms with Gasteiger partial charge in [-0.1, -0.05) is 0 Å². The summed E-state index contributed by atoms with van der Waals surface area (Å²) in [4.78, 5) is 12.3. The summed E-state index contributed by atoms with van der Waals surface area (Å²) >= 11 is 8.65. The van der Waals surface area contributed by atoms with Crippen LogP contribution in [0.4, 0.5) is 0 Å². The summed E-state index contributed by atoms with van der Waals surface area (Å²) in [7, 11) is 0. The molecule has 0 spiro atoms. The lowest BCUT2D eigenvalue weighted by atomic mass is 10.2. The molecule has 2 heterocycles. The standard InChI is InChI=1S/C10H12Br2N2OS/c11-8-3-7(16-10(8)12)5-13-4-6-1-2-9(15)14-6/h3,6,13H,1-2,4-5H2,(H,14,15). The van der Waals surface area contributed by atoms with Gasteiger partial charge in [0, 0.05) is 34.9 Å². The topological polar surface area (TPSA) is 41.1 Å². The minimum absolute atomic E-state index is 0.174. The predicted octanol–water partition coefficient (Wildman–Crippen LogP) is 2.64. The third-order valence-corrected chi connectivity index (χ3v) is 5.73. The molecule has 16 heavy (non-hydrogen) atoms. The van der Waals surface area contributed by atoms with Gasteiger partial charge in [-0.15, -0.1) is 11.3 Å². The second-order valence-corrected chi connectivity index (χ2v) is 7.08. The maximum atomic E-state index is 11.0. The number of halogens is 2. The molecular weight excluding hydrogens is 356 g/mol. The largest absolute Gasteiger partial charge is 0.352 e. The lowest BCUT2D eigenvalue weighted by molar-refractivity contribution is -0.119. The third-order valence-electron chi connectivity index (χ3n) is 2.47. The number of carbonyl (C=O) groups is 1. The Morgan fingerprint density at radius 2 is 2.38 bits per heavy atom. The maximum Gasteiger partial charge on any atom is 0.220 e. The molecule has 0 bridgehead atoms. The Labute approximate surface area is 115 Å². The van der Waals surface area contributed by atoms with E-state index in [0.717, 1.165) is 27.8 Å². The fraction of sp³-hybridized carbons (Fsp3) is 0.500. The van der Waals surface area contributed by atoms with Gasteiger partial charge in [0.2, 0.25) is 5.91 Å². The minimum Gasteiger partial charge on any atom is -0.352 e. The van der Waals surface area contributed by atoms with Crippen molar-refractivity contribution in [3.05, 3.63) is 19.2 Å². The Bertz CT molecular complexity index is 375. The smallest absolute Gasteiger partial charge is 0.220 e. The molecule has 1 fully saturated rings. The van der Waals surface area contributed by atoms with E-state index in [1.165, 1.54) is 4.88 Å². The van der Waals surface area contributed by atoms with Crippen molar-refractivity contribution in [3.63, 3.8) is 0 Å². The van der Waals surface area contributed by atoms with Crippen molar-refractivity contribution in [3.8, 4) is 0 Å². The first-order valence-electron chi connectivity index (χ1n) is 5.09. The lowest BCUT2D eigenvalue weighted by Crippen LogP contribution is -2.35. The summed E-state index contributed by atoms with van der Waals surface area (Å²) in [5.74, 6) is 0.174. The van der Waals surface area contributed by atoms with E-state index in [1.54, 1.807) is 11.3 Å². The maximum absolute atomic E-state index is 11.0. The second kappa shape index (κ2) is 5.62. The van der Waals surface area contributed by atoms with Crippen LogP contribution in [0.25, 0.3) is 0 Å². The highest BCUT2D eigenvalue weighted by molar-refractivity contribution is 9.13. The quantitative estimate of drug-likeness (QED) is 0.858. The average Bonchev–Trinajstić information content (AvgIpc) is 2.75. The summed E-state index contributed by atoms with van der Waals surface area (Å²) in [5, 5.41) is 6.30. The number of amides is 1. The van der Waals surface area contributed by atoms with Crippen molar-refractivity contribution < 1.29 is 4.79 Å². The average molecular weight is 368 g/mol. The van der Waals surface area contributed by atoms with Gasteiger partial charge in [-0.2, -0.15) is 0 Å². The monoisotopic (exact) mass is 366 g/mol. The highest BCUT2D eigenvalue weighted by Crippen LogP contribution is 2.32. The zero-order valence-corrected chi connectivity index (χ0v) is 12.5. The van der Waals surface area contributed by atoms with E-state index in [9.17, 15) is 4.79 Å². The summed E-state index contributed by atoms with van der Waals surface area (Å²) in [6, 6.07) is 2.41. The summed E-state index contributed by atoms with van der Waals surface area (Å²) in [6.45, 7) is 1.69. The Hall–Kier alpha value is 0.0900. The van der Waals surface area contributed by atoms with E-state index in [-0.39, 0.29) is 5.91 Å². The molecular formula is C10H12Br2N2OS. The SMILES string of the molecule is O=C1CCC(CNCc2cc(Br)c(Br)s2)N1. The lowest BCUT2D eigenvalue weighted by Gasteiger charge is -2.10. The van der Waals surface area contributed by atoms with Gasteiger partial charge >= 0.3 is 0 Å². The summed E-state index contributed by atoms with van der Waals surface area (Å²) in [6.07, 6.45) is 1.62. The fourth-order valence-electron chi connectivity index (χ4n) is 1.68. The second-order valence-electron chi connectivity index (χ2n) is 3.77. The molecule has 0 radical (unpaired) electrons. The number of rotatable bonds is 4. The van der Waals surface area contributed by atoms with Crippen molar-refractivity contribution in [2.75, 3.05) is 6.54 Å². The van der Waals surface area contributed by atoms with E-state index in [2.05, 4.69) is 48.6 Å². The number of nitrogens with one attached hydrogen (secondary N) is 2. The molecule has 1 aromatic rings. The molecule has 6 heteroatoms. The van der Waals surface area contributed by atoms with Crippen molar-refractivity contribution in [1.82, 2.24) is 10.6 Å². The van der Waals surface area contributed by atoms with Crippen LogP contribution in [0.5, 0.6) is 0 Å². The van der Waals surface area contributed by atoms with Crippen molar-refractivity contribution in [2.45, 2.75) is 25.4 Å². The predicted molar refractivity (Wildman–Crippen MR) is 72.6 cm³/mol.